The molecule has 1 amide bonds. The molecular weight excluding hydrogens is 380 g/mol. The Morgan fingerprint density at radius 3 is 2.52 bits per heavy atom. The average molecular weight is 412 g/mol. The Labute approximate surface area is 171 Å². The van der Waals surface area contributed by atoms with Gasteiger partial charge in [-0.05, 0) is 34.1 Å². The van der Waals surface area contributed by atoms with Gasteiger partial charge in [0.05, 0.1) is 6.61 Å². The highest BCUT2D eigenvalue weighted by Gasteiger charge is 2.78. The van der Waals surface area contributed by atoms with Gasteiger partial charge in [-0.3, -0.25) is 4.79 Å². The van der Waals surface area contributed by atoms with Crippen molar-refractivity contribution >= 4 is 11.8 Å². The van der Waals surface area contributed by atoms with Crippen molar-refractivity contribution in [3.05, 3.63) is 0 Å². The molecule has 0 saturated carbocycles. The van der Waals surface area contributed by atoms with Crippen LogP contribution in [0.1, 0.15) is 67.2 Å². The van der Waals surface area contributed by atoms with Gasteiger partial charge in [0.25, 0.3) is 11.5 Å². The zero-order valence-corrected chi connectivity index (χ0v) is 18.1. The second-order valence-corrected chi connectivity index (χ2v) is 9.03. The number of hydrogen-bond acceptors (Lipinski definition) is 8. The predicted molar refractivity (Wildman–Crippen MR) is 102 cm³/mol. The smallest absolute Gasteiger partial charge is 0.291 e. The van der Waals surface area contributed by atoms with Gasteiger partial charge < -0.3 is 28.4 Å². The molecule has 9 nitrogen and oxygen atoms in total. The molecule has 0 aromatic rings. The van der Waals surface area contributed by atoms with Crippen LogP contribution in [-0.2, 0) is 33.2 Å². The van der Waals surface area contributed by atoms with E-state index in [1.54, 1.807) is 13.8 Å². The molecule has 164 valence electrons. The largest absolute Gasteiger partial charge is 0.442 e. The van der Waals surface area contributed by atoms with Crippen LogP contribution in [0.15, 0.2) is 5.10 Å². The summed E-state index contributed by atoms with van der Waals surface area (Å²) in [6.45, 7) is 11.2. The maximum atomic E-state index is 12.7. The number of ether oxygens (including phenoxy) is 6. The van der Waals surface area contributed by atoms with E-state index >= 15 is 0 Å². The van der Waals surface area contributed by atoms with Crippen molar-refractivity contribution in [1.29, 1.82) is 0 Å². The van der Waals surface area contributed by atoms with Gasteiger partial charge in [-0.1, -0.05) is 19.8 Å². The summed E-state index contributed by atoms with van der Waals surface area (Å²) < 4.78 is 37.1. The summed E-state index contributed by atoms with van der Waals surface area (Å²) in [6.07, 6.45) is 2.55. The molecule has 0 radical (unpaired) electrons. The highest BCUT2D eigenvalue weighted by molar-refractivity contribution is 5.83. The van der Waals surface area contributed by atoms with Crippen LogP contribution in [-0.4, -0.2) is 65.3 Å². The van der Waals surface area contributed by atoms with E-state index in [0.717, 1.165) is 19.3 Å². The molecule has 9 heteroatoms. The summed E-state index contributed by atoms with van der Waals surface area (Å²) in [6, 6.07) is 0. The van der Waals surface area contributed by atoms with Crippen molar-refractivity contribution in [2.75, 3.05) is 13.2 Å². The zero-order chi connectivity index (χ0) is 21.1. The van der Waals surface area contributed by atoms with E-state index in [1.165, 1.54) is 11.9 Å². The number of hydrogen-bond donors (Lipinski definition) is 0. The molecule has 4 aliphatic rings. The molecule has 0 aliphatic carbocycles. The Kier molecular flexibility index (Phi) is 4.98. The van der Waals surface area contributed by atoms with E-state index in [-0.39, 0.29) is 19.1 Å². The van der Waals surface area contributed by atoms with Gasteiger partial charge in [0.2, 0.25) is 11.8 Å². The lowest BCUT2D eigenvalue weighted by atomic mass is 9.88. The maximum Gasteiger partial charge on any atom is 0.291 e. The second-order valence-electron chi connectivity index (χ2n) is 9.03. The van der Waals surface area contributed by atoms with Crippen LogP contribution >= 0.6 is 0 Å². The summed E-state index contributed by atoms with van der Waals surface area (Å²) in [5.74, 6) is -2.97. The highest BCUT2D eigenvalue weighted by Crippen LogP contribution is 2.54. The molecule has 0 aromatic heterocycles. The minimum absolute atomic E-state index is 0.0779. The summed E-state index contributed by atoms with van der Waals surface area (Å²) in [5, 5.41) is 5.86. The van der Waals surface area contributed by atoms with Gasteiger partial charge in [0, 0.05) is 13.3 Å². The average Bonchev–Trinajstić information content (AvgIpc) is 3.25. The van der Waals surface area contributed by atoms with E-state index in [0.29, 0.717) is 12.3 Å². The first-order chi connectivity index (χ1) is 13.5. The first-order valence-electron chi connectivity index (χ1n) is 10.5. The van der Waals surface area contributed by atoms with Crippen molar-refractivity contribution in [1.82, 2.24) is 5.01 Å². The van der Waals surface area contributed by atoms with Crippen LogP contribution in [0, 0.1) is 0 Å². The maximum absolute atomic E-state index is 12.7. The summed E-state index contributed by atoms with van der Waals surface area (Å²) >= 11 is 0. The SMILES string of the molecule is CCCCCC1=NN(C(C)=O)[C@]2(O1)[C@@H]1OC(C)(C)O[C@@H]1CO[C@]21COC(C)(C)O1. The molecular formula is C20H32N2O7. The zero-order valence-electron chi connectivity index (χ0n) is 18.1. The van der Waals surface area contributed by atoms with Crippen LogP contribution in [0.5, 0.6) is 0 Å². The molecule has 0 bridgehead atoms. The minimum Gasteiger partial charge on any atom is -0.442 e. The number of rotatable bonds is 4. The monoisotopic (exact) mass is 412 g/mol. The number of fused-ring (bicyclic) bond motifs is 3. The van der Waals surface area contributed by atoms with E-state index in [1.807, 2.05) is 13.8 Å². The summed E-state index contributed by atoms with van der Waals surface area (Å²) in [7, 11) is 0. The van der Waals surface area contributed by atoms with Gasteiger partial charge in [0.15, 0.2) is 17.7 Å². The molecule has 4 rings (SSSR count). The highest BCUT2D eigenvalue weighted by atomic mass is 16.9. The fourth-order valence-corrected chi connectivity index (χ4v) is 4.58. The van der Waals surface area contributed by atoms with Crippen LogP contribution in [0.25, 0.3) is 0 Å². The van der Waals surface area contributed by atoms with Gasteiger partial charge in [-0.15, -0.1) is 5.10 Å². The van der Waals surface area contributed by atoms with Crippen molar-refractivity contribution < 1.29 is 33.2 Å². The lowest BCUT2D eigenvalue weighted by Crippen LogP contribution is -2.76. The van der Waals surface area contributed by atoms with Crippen LogP contribution < -0.4 is 0 Å². The predicted octanol–water partition coefficient (Wildman–Crippen LogP) is 2.48. The van der Waals surface area contributed by atoms with Gasteiger partial charge in [-0.2, -0.15) is 5.01 Å². The van der Waals surface area contributed by atoms with Crippen molar-refractivity contribution in [3.63, 3.8) is 0 Å². The molecule has 2 spiro atoms. The summed E-state index contributed by atoms with van der Waals surface area (Å²) in [4.78, 5) is 12.7. The molecule has 0 aromatic carbocycles. The number of nitrogens with zero attached hydrogens (tertiary/aromatic N) is 2. The quantitative estimate of drug-likeness (QED) is 0.656. The van der Waals surface area contributed by atoms with E-state index in [4.69, 9.17) is 28.4 Å². The number of hydrazone groups is 1. The van der Waals surface area contributed by atoms with E-state index in [2.05, 4.69) is 12.0 Å². The Balaban J connectivity index is 1.76. The van der Waals surface area contributed by atoms with Gasteiger partial charge in [-0.25, -0.2) is 0 Å². The molecule has 0 unspecified atom stereocenters. The Hall–Kier alpha value is -1.26. The number of carbonyl (C=O) groups is 1. The van der Waals surface area contributed by atoms with Gasteiger partial charge in [0.1, 0.15) is 12.7 Å². The van der Waals surface area contributed by atoms with E-state index in [9.17, 15) is 4.79 Å². The Morgan fingerprint density at radius 1 is 1.14 bits per heavy atom. The van der Waals surface area contributed by atoms with Gasteiger partial charge >= 0.3 is 0 Å². The fraction of sp³-hybridized carbons (Fsp3) is 0.900. The first kappa shape index (κ1) is 21.0. The lowest BCUT2D eigenvalue weighted by Gasteiger charge is -2.52. The third-order valence-electron chi connectivity index (χ3n) is 5.71. The topological polar surface area (TPSA) is 88.1 Å². The molecule has 3 saturated heterocycles. The number of amides is 1. The van der Waals surface area contributed by atoms with Crippen LogP contribution in [0.3, 0.4) is 0 Å². The molecule has 29 heavy (non-hydrogen) atoms. The number of carbonyl (C=O) groups excluding carboxylic acids is 1. The number of unbranched alkanes of at least 4 members (excludes halogenated alkanes) is 2. The van der Waals surface area contributed by atoms with Crippen LogP contribution in [0.2, 0.25) is 0 Å². The second kappa shape index (κ2) is 6.88. The standard InChI is InChI=1S/C20H32N2O7/c1-7-8-9-10-15-21-22(13(2)23)20(27-15)16-14(26-18(5,6)28-16)11-24-19(20)12-25-17(3,4)29-19/h14,16H,7-12H2,1-6H3/t14-,16-,19+,20+/m1/s1. The fourth-order valence-electron chi connectivity index (χ4n) is 4.58. The molecule has 4 heterocycles. The van der Waals surface area contributed by atoms with Crippen molar-refractivity contribution in [2.45, 2.75) is 103 Å². The lowest BCUT2D eigenvalue weighted by molar-refractivity contribution is -0.386. The third kappa shape index (κ3) is 3.27. The van der Waals surface area contributed by atoms with Crippen molar-refractivity contribution in [3.8, 4) is 0 Å². The van der Waals surface area contributed by atoms with E-state index < -0.39 is 35.3 Å². The first-order valence-corrected chi connectivity index (χ1v) is 10.5. The Morgan fingerprint density at radius 2 is 1.90 bits per heavy atom. The molecule has 3 fully saturated rings. The third-order valence-corrected chi connectivity index (χ3v) is 5.71. The van der Waals surface area contributed by atoms with Crippen molar-refractivity contribution in [2.24, 2.45) is 5.10 Å². The minimum atomic E-state index is -1.47. The molecule has 4 aliphatic heterocycles. The summed E-state index contributed by atoms with van der Waals surface area (Å²) in [5.41, 5.74) is -1.47. The normalized spacial score (nSPS) is 39.7. The van der Waals surface area contributed by atoms with Crippen LogP contribution in [0.4, 0.5) is 0 Å². The Bertz CT molecular complexity index is 707. The molecule has 0 N–H and O–H groups in total. The molecule has 4 atom stereocenters.